The number of rotatable bonds is 5. The van der Waals surface area contributed by atoms with Crippen LogP contribution >= 0.6 is 15.9 Å². The smallest absolute Gasteiger partial charge is 0.325 e. The quantitative estimate of drug-likeness (QED) is 0.831. The van der Waals surface area contributed by atoms with Crippen molar-refractivity contribution in [3.8, 4) is 0 Å². The molecule has 0 radical (unpaired) electrons. The van der Waals surface area contributed by atoms with Crippen LogP contribution in [0.5, 0.6) is 0 Å². The van der Waals surface area contributed by atoms with Crippen molar-refractivity contribution < 1.29 is 14.3 Å². The first-order chi connectivity index (χ1) is 10.6. The monoisotopic (exact) mass is 361 g/mol. The summed E-state index contributed by atoms with van der Waals surface area (Å²) in [4.78, 5) is 23.5. The molecule has 2 rings (SSSR count). The Labute approximate surface area is 137 Å². The molecule has 0 unspecified atom stereocenters. The second kappa shape index (κ2) is 7.75. The summed E-state index contributed by atoms with van der Waals surface area (Å²) in [6, 6.07) is 14.6. The van der Waals surface area contributed by atoms with Gasteiger partial charge < -0.3 is 10.1 Å². The van der Waals surface area contributed by atoms with Crippen molar-refractivity contribution in [3.05, 3.63) is 69.7 Å². The molecule has 4 nitrogen and oxygen atoms in total. The number of ether oxygens (including phenoxy) is 1. The maximum Gasteiger partial charge on any atom is 0.325 e. The van der Waals surface area contributed by atoms with Crippen LogP contribution in [0, 0.1) is 6.92 Å². The molecule has 0 aliphatic heterocycles. The summed E-state index contributed by atoms with van der Waals surface area (Å²) in [5.74, 6) is -0.769. The van der Waals surface area contributed by atoms with Crippen LogP contribution in [0.25, 0.3) is 0 Å². The lowest BCUT2D eigenvalue weighted by Gasteiger charge is -2.08. The summed E-state index contributed by atoms with van der Waals surface area (Å²) in [6.45, 7) is 2.01. The van der Waals surface area contributed by atoms with Gasteiger partial charge in [0.2, 0.25) is 0 Å². The first-order valence-electron chi connectivity index (χ1n) is 6.80. The van der Waals surface area contributed by atoms with Gasteiger partial charge in [-0.25, -0.2) is 0 Å². The molecule has 2 aromatic rings. The Morgan fingerprint density at radius 2 is 1.77 bits per heavy atom. The van der Waals surface area contributed by atoms with Gasteiger partial charge in [-0.2, -0.15) is 0 Å². The maximum absolute atomic E-state index is 11.9. The van der Waals surface area contributed by atoms with Gasteiger partial charge in [-0.3, -0.25) is 9.59 Å². The Morgan fingerprint density at radius 3 is 2.45 bits per heavy atom. The maximum atomic E-state index is 11.9. The molecule has 0 aromatic heterocycles. The molecule has 0 atom stereocenters. The molecule has 2 aromatic carbocycles. The van der Waals surface area contributed by atoms with E-state index < -0.39 is 5.97 Å². The first kappa shape index (κ1) is 16.2. The Kier molecular flexibility index (Phi) is 5.72. The Hall–Kier alpha value is -2.14. The van der Waals surface area contributed by atoms with E-state index in [-0.39, 0.29) is 19.1 Å². The molecular formula is C17H16BrNO3. The van der Waals surface area contributed by atoms with E-state index in [9.17, 15) is 9.59 Å². The van der Waals surface area contributed by atoms with E-state index >= 15 is 0 Å². The van der Waals surface area contributed by atoms with Crippen LogP contribution in [0.15, 0.2) is 53.0 Å². The van der Waals surface area contributed by atoms with Gasteiger partial charge >= 0.3 is 5.97 Å². The second-order valence-electron chi connectivity index (χ2n) is 4.78. The zero-order valence-electron chi connectivity index (χ0n) is 12.1. The predicted molar refractivity (Wildman–Crippen MR) is 87.5 cm³/mol. The summed E-state index contributed by atoms with van der Waals surface area (Å²) in [5.41, 5.74) is 2.51. The van der Waals surface area contributed by atoms with Gasteiger partial charge in [-0.05, 0) is 42.3 Å². The van der Waals surface area contributed by atoms with Crippen LogP contribution in [-0.2, 0) is 16.1 Å². The molecule has 0 aliphatic rings. The summed E-state index contributed by atoms with van der Waals surface area (Å²) >= 11 is 3.30. The van der Waals surface area contributed by atoms with E-state index in [0.29, 0.717) is 5.56 Å². The third-order valence-electron chi connectivity index (χ3n) is 3.15. The molecule has 5 heteroatoms. The lowest BCUT2D eigenvalue weighted by molar-refractivity contribution is -0.143. The molecule has 1 N–H and O–H groups in total. The van der Waals surface area contributed by atoms with Gasteiger partial charge in [-0.1, -0.05) is 40.2 Å². The third kappa shape index (κ3) is 4.70. The number of nitrogens with one attached hydrogen (secondary N) is 1. The predicted octanol–water partition coefficient (Wildman–Crippen LogP) is 3.23. The standard InChI is InChI=1S/C17H16BrNO3/c1-12-4-2-3-5-14(12)11-22-16(20)10-19-17(21)13-6-8-15(18)9-7-13/h2-9H,10-11H2,1H3,(H,19,21). The molecule has 22 heavy (non-hydrogen) atoms. The minimum atomic E-state index is -0.464. The molecule has 1 amide bonds. The molecule has 0 spiro atoms. The van der Waals surface area contributed by atoms with E-state index in [1.807, 2.05) is 31.2 Å². The molecule has 0 fully saturated rings. The minimum Gasteiger partial charge on any atom is -0.459 e. The lowest BCUT2D eigenvalue weighted by Crippen LogP contribution is -2.30. The molecule has 114 valence electrons. The number of carbonyl (C=O) groups is 2. The van der Waals surface area contributed by atoms with Gasteiger partial charge in [0.1, 0.15) is 13.2 Å². The van der Waals surface area contributed by atoms with E-state index in [1.165, 1.54) is 0 Å². The summed E-state index contributed by atoms with van der Waals surface area (Å²) < 4.78 is 6.04. The van der Waals surface area contributed by atoms with E-state index in [0.717, 1.165) is 15.6 Å². The SMILES string of the molecule is Cc1ccccc1COC(=O)CNC(=O)c1ccc(Br)cc1. The molecule has 0 saturated heterocycles. The zero-order valence-corrected chi connectivity index (χ0v) is 13.7. The van der Waals surface area contributed by atoms with Crippen LogP contribution < -0.4 is 5.32 Å². The molecule has 0 heterocycles. The van der Waals surface area contributed by atoms with E-state index in [1.54, 1.807) is 24.3 Å². The van der Waals surface area contributed by atoms with Crippen molar-refractivity contribution in [2.45, 2.75) is 13.5 Å². The van der Waals surface area contributed by atoms with Crippen molar-refractivity contribution in [1.29, 1.82) is 0 Å². The normalized spacial score (nSPS) is 10.1. The van der Waals surface area contributed by atoms with Crippen LogP contribution in [0.1, 0.15) is 21.5 Å². The number of halogens is 1. The van der Waals surface area contributed by atoms with Crippen LogP contribution in [-0.4, -0.2) is 18.4 Å². The molecule has 0 bridgehead atoms. The fourth-order valence-corrected chi connectivity index (χ4v) is 2.10. The number of hydrogen-bond donors (Lipinski definition) is 1. The van der Waals surface area contributed by atoms with Gasteiger partial charge in [0.25, 0.3) is 5.91 Å². The average Bonchev–Trinajstić information content (AvgIpc) is 2.52. The van der Waals surface area contributed by atoms with E-state index in [4.69, 9.17) is 4.74 Å². The highest BCUT2D eigenvalue weighted by Crippen LogP contribution is 2.10. The number of carbonyl (C=O) groups excluding carboxylic acids is 2. The average molecular weight is 362 g/mol. The number of benzene rings is 2. The topological polar surface area (TPSA) is 55.4 Å². The van der Waals surface area contributed by atoms with Gasteiger partial charge in [0, 0.05) is 10.0 Å². The van der Waals surface area contributed by atoms with E-state index in [2.05, 4.69) is 21.2 Å². The number of amides is 1. The molecule has 0 aliphatic carbocycles. The Balaban J connectivity index is 1.79. The largest absolute Gasteiger partial charge is 0.459 e. The summed E-state index contributed by atoms with van der Waals surface area (Å²) in [7, 11) is 0. The highest BCUT2D eigenvalue weighted by atomic mass is 79.9. The van der Waals surface area contributed by atoms with Gasteiger partial charge in [0.05, 0.1) is 0 Å². The second-order valence-corrected chi connectivity index (χ2v) is 5.69. The van der Waals surface area contributed by atoms with Crippen molar-refractivity contribution >= 4 is 27.8 Å². The minimum absolute atomic E-state index is 0.152. The van der Waals surface area contributed by atoms with Crippen molar-refractivity contribution in [1.82, 2.24) is 5.32 Å². The van der Waals surface area contributed by atoms with Crippen molar-refractivity contribution in [2.24, 2.45) is 0 Å². The van der Waals surface area contributed by atoms with Crippen LogP contribution in [0.2, 0.25) is 0 Å². The third-order valence-corrected chi connectivity index (χ3v) is 3.68. The number of hydrogen-bond acceptors (Lipinski definition) is 3. The van der Waals surface area contributed by atoms with Crippen molar-refractivity contribution in [2.75, 3.05) is 6.54 Å². The van der Waals surface area contributed by atoms with Crippen LogP contribution in [0.3, 0.4) is 0 Å². The van der Waals surface area contributed by atoms with Gasteiger partial charge in [-0.15, -0.1) is 0 Å². The fraction of sp³-hybridized carbons (Fsp3) is 0.176. The zero-order chi connectivity index (χ0) is 15.9. The lowest BCUT2D eigenvalue weighted by atomic mass is 10.1. The highest BCUT2D eigenvalue weighted by Gasteiger charge is 2.09. The Bertz CT molecular complexity index is 668. The molecular weight excluding hydrogens is 346 g/mol. The Morgan fingerprint density at radius 1 is 1.09 bits per heavy atom. The highest BCUT2D eigenvalue weighted by molar-refractivity contribution is 9.10. The number of esters is 1. The van der Waals surface area contributed by atoms with Crippen molar-refractivity contribution in [3.63, 3.8) is 0 Å². The number of aryl methyl sites for hydroxylation is 1. The van der Waals surface area contributed by atoms with Crippen LogP contribution in [0.4, 0.5) is 0 Å². The summed E-state index contributed by atoms with van der Waals surface area (Å²) in [6.07, 6.45) is 0. The molecule has 0 saturated carbocycles. The summed E-state index contributed by atoms with van der Waals surface area (Å²) in [5, 5.41) is 2.54. The fourth-order valence-electron chi connectivity index (χ4n) is 1.84. The van der Waals surface area contributed by atoms with Gasteiger partial charge in [0.15, 0.2) is 0 Å². The first-order valence-corrected chi connectivity index (χ1v) is 7.59.